The molecule has 284 valence electrons. The summed E-state index contributed by atoms with van der Waals surface area (Å²) in [7, 11) is 1.39. The van der Waals surface area contributed by atoms with Crippen molar-refractivity contribution in [1.29, 1.82) is 0 Å². The molecule has 6 atom stereocenters. The molecular formula is C40H62N4O6S. The molecule has 0 bridgehead atoms. The lowest BCUT2D eigenvalue weighted by molar-refractivity contribution is -0.143. The van der Waals surface area contributed by atoms with E-state index in [1.807, 2.05) is 49.9 Å². The van der Waals surface area contributed by atoms with E-state index in [0.29, 0.717) is 55.5 Å². The number of carbonyl (C=O) groups excluding carboxylic acids is 4. The Balaban J connectivity index is 1.83. The van der Waals surface area contributed by atoms with E-state index in [2.05, 4.69) is 45.3 Å². The van der Waals surface area contributed by atoms with Gasteiger partial charge in [0.25, 0.3) is 5.91 Å². The third-order valence-electron chi connectivity index (χ3n) is 9.91. The van der Waals surface area contributed by atoms with Crippen LogP contribution < -0.4 is 10.6 Å². The molecule has 6 unspecified atom stereocenters. The smallest absolute Gasteiger partial charge is 0.313 e. The molecule has 1 aromatic heterocycles. The van der Waals surface area contributed by atoms with E-state index >= 15 is 0 Å². The molecule has 2 N–H and O–H groups in total. The lowest BCUT2D eigenvalue weighted by Crippen LogP contribution is -2.55. The molecule has 10 nitrogen and oxygen atoms in total. The van der Waals surface area contributed by atoms with Gasteiger partial charge in [0.2, 0.25) is 11.8 Å². The predicted molar refractivity (Wildman–Crippen MR) is 203 cm³/mol. The number of rotatable bonds is 20. The second-order valence-corrected chi connectivity index (χ2v) is 15.6. The zero-order valence-corrected chi connectivity index (χ0v) is 33.1. The number of nitrogens with zero attached hydrogens (tertiary/aromatic N) is 2. The van der Waals surface area contributed by atoms with Gasteiger partial charge in [-0.25, -0.2) is 4.98 Å². The summed E-state index contributed by atoms with van der Waals surface area (Å²) in [6.45, 7) is 17.7. The number of aromatic nitrogens is 1. The van der Waals surface area contributed by atoms with Crippen LogP contribution in [0.4, 0.5) is 0 Å². The van der Waals surface area contributed by atoms with E-state index in [1.165, 1.54) is 18.4 Å². The topological polar surface area (TPSA) is 127 Å². The number of hydrogen-bond acceptors (Lipinski definition) is 8. The minimum Gasteiger partial charge on any atom is -0.469 e. The number of carbonyl (C=O) groups is 4. The number of ether oxygens (including phenoxy) is 2. The molecule has 0 aliphatic heterocycles. The summed E-state index contributed by atoms with van der Waals surface area (Å²) >= 11 is 1.38. The molecule has 0 spiro atoms. The maximum atomic E-state index is 14.4. The van der Waals surface area contributed by atoms with Gasteiger partial charge in [-0.2, -0.15) is 0 Å². The van der Waals surface area contributed by atoms with E-state index in [-0.39, 0.29) is 47.6 Å². The molecule has 0 saturated carbocycles. The van der Waals surface area contributed by atoms with Crippen molar-refractivity contribution >= 4 is 35.0 Å². The molecule has 2 aromatic rings. The number of esters is 1. The third-order valence-corrected chi connectivity index (χ3v) is 10.8. The van der Waals surface area contributed by atoms with Crippen molar-refractivity contribution in [2.24, 2.45) is 17.8 Å². The van der Waals surface area contributed by atoms with E-state index < -0.39 is 18.1 Å². The Morgan fingerprint density at radius 1 is 1.04 bits per heavy atom. The van der Waals surface area contributed by atoms with Gasteiger partial charge in [-0.05, 0) is 61.0 Å². The Morgan fingerprint density at radius 3 is 2.39 bits per heavy atom. The summed E-state index contributed by atoms with van der Waals surface area (Å²) in [5, 5.41) is 8.66. The molecule has 1 aliphatic rings. The van der Waals surface area contributed by atoms with Crippen LogP contribution in [0.2, 0.25) is 0 Å². The fourth-order valence-electron chi connectivity index (χ4n) is 6.78. The van der Waals surface area contributed by atoms with Crippen LogP contribution in [0.5, 0.6) is 0 Å². The Hall–Kier alpha value is -3.31. The number of fused-ring (bicyclic) bond motifs is 1. The van der Waals surface area contributed by atoms with Crippen molar-refractivity contribution in [2.45, 2.75) is 137 Å². The van der Waals surface area contributed by atoms with Crippen molar-refractivity contribution in [1.82, 2.24) is 20.5 Å². The lowest BCUT2D eigenvalue weighted by atomic mass is 9.80. The van der Waals surface area contributed by atoms with Crippen LogP contribution in [0.3, 0.4) is 0 Å². The minimum absolute atomic E-state index is 0.0274. The van der Waals surface area contributed by atoms with Crippen molar-refractivity contribution in [3.05, 3.63) is 51.5 Å². The summed E-state index contributed by atoms with van der Waals surface area (Å²) in [5.74, 6) is -0.733. The van der Waals surface area contributed by atoms with E-state index in [9.17, 15) is 19.2 Å². The lowest BCUT2D eigenvalue weighted by Gasteiger charge is -2.39. The monoisotopic (exact) mass is 726 g/mol. The zero-order chi connectivity index (χ0) is 37.7. The van der Waals surface area contributed by atoms with Gasteiger partial charge >= 0.3 is 5.97 Å². The molecule has 3 rings (SSSR count). The molecule has 1 aliphatic carbocycles. The molecule has 51 heavy (non-hydrogen) atoms. The maximum absolute atomic E-state index is 14.4. The molecule has 1 aromatic carbocycles. The standard InChI is InChI=1S/C40H62N4O6S/c1-10-19-44(39(47)36(27(8)12-3)43-35(45)18-17-25(4)5)33(26(6)7)23-34(50-20-11-2)38-42-32(24-51-38)37(46)41-29-21-28-15-13-14-16-30(28)31(22-29)40(48)49-9/h13-16,24-27,29,31,33-34,36H,10-12,17-23H2,1-9H3,(H,41,46)(H,43,45). The second-order valence-electron chi connectivity index (χ2n) is 14.8. The van der Waals surface area contributed by atoms with Crippen molar-refractivity contribution in [3.8, 4) is 0 Å². The fourth-order valence-corrected chi connectivity index (χ4v) is 7.64. The summed E-state index contributed by atoms with van der Waals surface area (Å²) in [6, 6.07) is 6.75. The first-order chi connectivity index (χ1) is 24.3. The fraction of sp³-hybridized carbons (Fsp3) is 0.675. The second kappa shape index (κ2) is 20.7. The first-order valence-electron chi connectivity index (χ1n) is 19.0. The molecule has 1 heterocycles. The van der Waals surface area contributed by atoms with E-state index in [0.717, 1.165) is 36.8 Å². The Morgan fingerprint density at radius 2 is 1.76 bits per heavy atom. The normalized spacial score (nSPS) is 18.0. The summed E-state index contributed by atoms with van der Waals surface area (Å²) in [4.78, 5) is 60.3. The van der Waals surface area contributed by atoms with Crippen molar-refractivity contribution in [3.63, 3.8) is 0 Å². The molecule has 3 amide bonds. The largest absolute Gasteiger partial charge is 0.469 e. The minimum atomic E-state index is -0.613. The Kier molecular flexibility index (Phi) is 17.1. The predicted octanol–water partition coefficient (Wildman–Crippen LogP) is 7.23. The summed E-state index contributed by atoms with van der Waals surface area (Å²) in [5.41, 5.74) is 2.27. The van der Waals surface area contributed by atoms with Crippen LogP contribution >= 0.6 is 11.3 Å². The van der Waals surface area contributed by atoms with Crippen LogP contribution in [0, 0.1) is 17.8 Å². The third kappa shape index (κ3) is 11.9. The maximum Gasteiger partial charge on any atom is 0.313 e. The van der Waals surface area contributed by atoms with Gasteiger partial charge in [0, 0.05) is 43.5 Å². The number of benzene rings is 1. The van der Waals surface area contributed by atoms with Crippen molar-refractivity contribution < 1.29 is 28.7 Å². The van der Waals surface area contributed by atoms with Gasteiger partial charge in [-0.15, -0.1) is 11.3 Å². The van der Waals surface area contributed by atoms with Gasteiger partial charge in [0.15, 0.2) is 0 Å². The van der Waals surface area contributed by atoms with Gasteiger partial charge in [0.05, 0.1) is 13.0 Å². The van der Waals surface area contributed by atoms with Crippen LogP contribution in [0.1, 0.15) is 139 Å². The highest BCUT2D eigenvalue weighted by Gasteiger charge is 2.37. The van der Waals surface area contributed by atoms with Crippen molar-refractivity contribution in [2.75, 3.05) is 20.3 Å². The average Bonchev–Trinajstić information content (AvgIpc) is 3.61. The quantitative estimate of drug-likeness (QED) is 0.138. The molecule has 0 fully saturated rings. The summed E-state index contributed by atoms with van der Waals surface area (Å²) < 4.78 is 11.5. The number of methoxy groups -OCH3 is 1. The molecular weight excluding hydrogens is 665 g/mol. The van der Waals surface area contributed by atoms with E-state index in [4.69, 9.17) is 14.5 Å². The van der Waals surface area contributed by atoms with Gasteiger partial charge < -0.3 is 25.0 Å². The highest BCUT2D eigenvalue weighted by molar-refractivity contribution is 7.09. The highest BCUT2D eigenvalue weighted by atomic mass is 32.1. The van der Waals surface area contributed by atoms with Gasteiger partial charge in [-0.1, -0.05) is 86.1 Å². The van der Waals surface area contributed by atoms with Crippen LogP contribution in [0.15, 0.2) is 29.6 Å². The number of nitrogens with one attached hydrogen (secondary N) is 2. The first kappa shape index (κ1) is 42.1. The highest BCUT2D eigenvalue weighted by Crippen LogP contribution is 2.34. The van der Waals surface area contributed by atoms with E-state index in [1.54, 1.807) is 5.38 Å². The molecule has 0 saturated heterocycles. The molecule has 11 heteroatoms. The Labute approximate surface area is 309 Å². The first-order valence-corrected chi connectivity index (χ1v) is 19.9. The van der Waals surface area contributed by atoms with Gasteiger partial charge in [-0.3, -0.25) is 19.2 Å². The zero-order valence-electron chi connectivity index (χ0n) is 32.3. The molecule has 0 radical (unpaired) electrons. The number of amides is 3. The number of thiazole rings is 1. The number of hydrogen-bond donors (Lipinski definition) is 2. The Bertz CT molecular complexity index is 1430. The van der Waals surface area contributed by atoms with Crippen LogP contribution in [-0.4, -0.2) is 72.0 Å². The van der Waals surface area contributed by atoms with Crippen LogP contribution in [-0.2, 0) is 30.3 Å². The summed E-state index contributed by atoms with van der Waals surface area (Å²) in [6.07, 6.45) is 4.64. The van der Waals surface area contributed by atoms with Crippen LogP contribution in [0.25, 0.3) is 0 Å². The SMILES string of the molecule is CCCOC(CC(C(C)C)N(CCC)C(=O)C(NC(=O)CCC(C)C)C(C)CC)c1nc(C(=O)NC2Cc3ccccc3C(C(=O)OC)C2)cs1. The van der Waals surface area contributed by atoms with Gasteiger partial charge in [0.1, 0.15) is 22.8 Å². The average molecular weight is 727 g/mol.